The summed E-state index contributed by atoms with van der Waals surface area (Å²) in [7, 11) is 1.73. The number of benzene rings is 2. The molecule has 1 aliphatic rings. The second kappa shape index (κ2) is 8.23. The first-order chi connectivity index (χ1) is 15.1. The van der Waals surface area contributed by atoms with Crippen LogP contribution in [0.5, 0.6) is 0 Å². The minimum atomic E-state index is -0.0677. The van der Waals surface area contributed by atoms with Crippen molar-refractivity contribution in [1.82, 2.24) is 19.4 Å². The van der Waals surface area contributed by atoms with E-state index in [1.807, 2.05) is 41.3 Å². The highest BCUT2D eigenvalue weighted by molar-refractivity contribution is 7.18. The summed E-state index contributed by atoms with van der Waals surface area (Å²) in [5, 5.41) is 1.73. The fraction of sp³-hybridized carbons (Fsp3) is 0.333. The summed E-state index contributed by atoms with van der Waals surface area (Å²) >= 11 is 1.74. The van der Waals surface area contributed by atoms with Crippen LogP contribution in [0.4, 0.5) is 0 Å². The molecule has 0 unspecified atom stereocenters. The molecule has 1 atom stereocenters. The van der Waals surface area contributed by atoms with Crippen LogP contribution in [0.2, 0.25) is 0 Å². The molecule has 0 aliphatic carbocycles. The molecule has 5 rings (SSSR count). The molecule has 7 heteroatoms. The van der Waals surface area contributed by atoms with Crippen LogP contribution in [0.1, 0.15) is 36.0 Å². The number of hydrogen-bond donors (Lipinski definition) is 0. The largest absolute Gasteiger partial charge is 0.342 e. The summed E-state index contributed by atoms with van der Waals surface area (Å²) in [6, 6.07) is 15.5. The third-order valence-corrected chi connectivity index (χ3v) is 7.27. The van der Waals surface area contributed by atoms with Crippen LogP contribution in [0, 0.1) is 0 Å². The van der Waals surface area contributed by atoms with Crippen LogP contribution in [-0.4, -0.2) is 38.4 Å². The lowest BCUT2D eigenvalue weighted by atomic mass is 9.98. The standard InChI is InChI=1S/C24H24N4O2S/c1-27-21(25-18-9-3-2-8-17(18)24(27)30)12-13-22(29)28-14-6-7-16(15-28)23-26-19-10-4-5-11-20(19)31-23/h2-5,8-11,16H,6-7,12-15H2,1H3/t16-/m0/s1. The lowest BCUT2D eigenvalue weighted by molar-refractivity contribution is -0.132. The second-order valence-electron chi connectivity index (χ2n) is 8.11. The Morgan fingerprint density at radius 2 is 1.87 bits per heavy atom. The molecule has 158 valence electrons. The van der Waals surface area contributed by atoms with Crippen molar-refractivity contribution in [3.05, 3.63) is 69.7 Å². The molecule has 1 fully saturated rings. The Morgan fingerprint density at radius 3 is 2.71 bits per heavy atom. The topological polar surface area (TPSA) is 68.1 Å². The molecule has 4 aromatic rings. The van der Waals surface area contributed by atoms with Gasteiger partial charge in [-0.3, -0.25) is 14.2 Å². The average Bonchev–Trinajstić information content (AvgIpc) is 3.25. The first kappa shape index (κ1) is 19.9. The normalized spacial score (nSPS) is 16.8. The Balaban J connectivity index is 1.29. The Labute approximate surface area is 184 Å². The monoisotopic (exact) mass is 432 g/mol. The van der Waals surface area contributed by atoms with Crippen molar-refractivity contribution in [2.45, 2.75) is 31.6 Å². The van der Waals surface area contributed by atoms with Gasteiger partial charge in [-0.1, -0.05) is 24.3 Å². The first-order valence-corrected chi connectivity index (χ1v) is 11.5. The summed E-state index contributed by atoms with van der Waals surface area (Å²) in [6.07, 6.45) is 2.85. The van der Waals surface area contributed by atoms with Crippen LogP contribution in [0.25, 0.3) is 21.1 Å². The van der Waals surface area contributed by atoms with E-state index in [1.165, 1.54) is 4.70 Å². The van der Waals surface area contributed by atoms with E-state index in [4.69, 9.17) is 4.98 Å². The molecule has 0 bridgehead atoms. The number of carbonyl (C=O) groups is 1. The van der Waals surface area contributed by atoms with E-state index >= 15 is 0 Å². The molecule has 6 nitrogen and oxygen atoms in total. The number of para-hydroxylation sites is 2. The minimum Gasteiger partial charge on any atom is -0.342 e. The SMILES string of the molecule is Cn1c(CCC(=O)N2CCC[C@H](c3nc4ccccc4s3)C2)nc2ccccc2c1=O. The van der Waals surface area contributed by atoms with Crippen LogP contribution >= 0.6 is 11.3 Å². The number of aryl methyl sites for hydroxylation is 1. The van der Waals surface area contributed by atoms with Gasteiger partial charge >= 0.3 is 0 Å². The van der Waals surface area contributed by atoms with E-state index in [0.717, 1.165) is 29.9 Å². The molecule has 31 heavy (non-hydrogen) atoms. The van der Waals surface area contributed by atoms with Gasteiger partial charge in [0.05, 0.1) is 26.1 Å². The average molecular weight is 433 g/mol. The van der Waals surface area contributed by atoms with Crippen LogP contribution in [0.15, 0.2) is 53.3 Å². The zero-order valence-electron chi connectivity index (χ0n) is 17.5. The Bertz CT molecular complexity index is 1290. The molecular formula is C24H24N4O2S. The number of likely N-dealkylation sites (tertiary alicyclic amines) is 1. The van der Waals surface area contributed by atoms with Gasteiger partial charge in [-0.15, -0.1) is 11.3 Å². The van der Waals surface area contributed by atoms with Crippen molar-refractivity contribution in [3.8, 4) is 0 Å². The Hall–Kier alpha value is -3.06. The molecule has 2 aromatic heterocycles. The number of amides is 1. The van der Waals surface area contributed by atoms with Crippen molar-refractivity contribution in [1.29, 1.82) is 0 Å². The fourth-order valence-electron chi connectivity index (χ4n) is 4.33. The van der Waals surface area contributed by atoms with Gasteiger partial charge in [0.15, 0.2) is 0 Å². The number of fused-ring (bicyclic) bond motifs is 2. The molecule has 1 saturated heterocycles. The van der Waals surface area contributed by atoms with Gasteiger partial charge in [0.25, 0.3) is 5.56 Å². The van der Waals surface area contributed by atoms with Crippen LogP contribution in [0.3, 0.4) is 0 Å². The minimum absolute atomic E-state index is 0.0677. The molecule has 3 heterocycles. The number of hydrogen-bond acceptors (Lipinski definition) is 5. The van der Waals surface area contributed by atoms with Gasteiger partial charge < -0.3 is 4.90 Å². The van der Waals surface area contributed by atoms with Gasteiger partial charge in [-0.05, 0) is 37.1 Å². The van der Waals surface area contributed by atoms with Gasteiger partial charge in [0.1, 0.15) is 5.82 Å². The van der Waals surface area contributed by atoms with Crippen molar-refractivity contribution < 1.29 is 4.79 Å². The van der Waals surface area contributed by atoms with Crippen molar-refractivity contribution in [3.63, 3.8) is 0 Å². The molecule has 1 aliphatic heterocycles. The van der Waals surface area contributed by atoms with Gasteiger partial charge in [0.2, 0.25) is 5.91 Å². The molecule has 0 saturated carbocycles. The van der Waals surface area contributed by atoms with Crippen LogP contribution < -0.4 is 5.56 Å². The number of thiazole rings is 1. The maximum atomic E-state index is 13.0. The first-order valence-electron chi connectivity index (χ1n) is 10.7. The molecule has 1 amide bonds. The van der Waals surface area contributed by atoms with Gasteiger partial charge in [-0.25, -0.2) is 9.97 Å². The maximum Gasteiger partial charge on any atom is 0.261 e. The third kappa shape index (κ3) is 3.85. The second-order valence-corrected chi connectivity index (χ2v) is 9.17. The zero-order valence-corrected chi connectivity index (χ0v) is 18.3. The zero-order chi connectivity index (χ0) is 21.4. The van der Waals surface area contributed by atoms with Gasteiger partial charge in [-0.2, -0.15) is 0 Å². The van der Waals surface area contributed by atoms with E-state index in [-0.39, 0.29) is 11.5 Å². The Morgan fingerprint density at radius 1 is 1.10 bits per heavy atom. The quantitative estimate of drug-likeness (QED) is 0.491. The van der Waals surface area contributed by atoms with E-state index in [9.17, 15) is 9.59 Å². The smallest absolute Gasteiger partial charge is 0.261 e. The summed E-state index contributed by atoms with van der Waals surface area (Å²) in [4.78, 5) is 37.0. The summed E-state index contributed by atoms with van der Waals surface area (Å²) in [5.74, 6) is 1.06. The molecule has 0 spiro atoms. The van der Waals surface area contributed by atoms with E-state index in [2.05, 4.69) is 11.1 Å². The van der Waals surface area contributed by atoms with E-state index in [0.29, 0.717) is 42.0 Å². The summed E-state index contributed by atoms with van der Waals surface area (Å²) in [5.41, 5.74) is 1.65. The highest BCUT2D eigenvalue weighted by atomic mass is 32.1. The highest BCUT2D eigenvalue weighted by Gasteiger charge is 2.27. The van der Waals surface area contributed by atoms with E-state index in [1.54, 1.807) is 29.0 Å². The predicted octanol–water partition coefficient (Wildman–Crippen LogP) is 3.88. The number of piperidine rings is 1. The number of carbonyl (C=O) groups excluding carboxylic acids is 1. The summed E-state index contributed by atoms with van der Waals surface area (Å²) < 4.78 is 2.76. The summed E-state index contributed by atoms with van der Waals surface area (Å²) in [6.45, 7) is 1.49. The van der Waals surface area contributed by atoms with Crippen LogP contribution in [-0.2, 0) is 18.3 Å². The predicted molar refractivity (Wildman–Crippen MR) is 123 cm³/mol. The number of aromatic nitrogens is 3. The fourth-order valence-corrected chi connectivity index (χ4v) is 5.43. The molecular weight excluding hydrogens is 408 g/mol. The molecule has 2 aromatic carbocycles. The number of nitrogens with zero attached hydrogens (tertiary/aromatic N) is 4. The molecule has 0 radical (unpaired) electrons. The lowest BCUT2D eigenvalue weighted by Crippen LogP contribution is -2.39. The molecule has 0 N–H and O–H groups in total. The van der Waals surface area contributed by atoms with Crippen molar-refractivity contribution >= 4 is 38.4 Å². The van der Waals surface area contributed by atoms with E-state index < -0.39 is 0 Å². The lowest BCUT2D eigenvalue weighted by Gasteiger charge is -2.32. The third-order valence-electron chi connectivity index (χ3n) is 6.07. The van der Waals surface area contributed by atoms with Gasteiger partial charge in [0, 0.05) is 38.9 Å². The van der Waals surface area contributed by atoms with Crippen molar-refractivity contribution in [2.75, 3.05) is 13.1 Å². The van der Waals surface area contributed by atoms with Crippen molar-refractivity contribution in [2.24, 2.45) is 7.05 Å². The Kier molecular flexibility index (Phi) is 5.28. The highest BCUT2D eigenvalue weighted by Crippen LogP contribution is 2.33. The maximum absolute atomic E-state index is 13.0. The number of rotatable bonds is 4.